The van der Waals surface area contributed by atoms with Crippen molar-refractivity contribution in [1.29, 1.82) is 0 Å². The molecule has 1 saturated heterocycles. The smallest absolute Gasteiger partial charge is 0.246 e. The topological polar surface area (TPSA) is 76.7 Å². The second-order valence-corrected chi connectivity index (χ2v) is 8.38. The van der Waals surface area contributed by atoms with E-state index in [4.69, 9.17) is 9.47 Å². The summed E-state index contributed by atoms with van der Waals surface area (Å²) in [6.07, 6.45) is 7.26. The monoisotopic (exact) mass is 446 g/mol. The van der Waals surface area contributed by atoms with E-state index in [-0.39, 0.29) is 30.3 Å². The molecule has 2 aromatic carbocycles. The number of hydrogen-bond acceptors (Lipinski definition) is 4. The molecule has 3 aliphatic rings. The summed E-state index contributed by atoms with van der Waals surface area (Å²) in [7, 11) is 0. The summed E-state index contributed by atoms with van der Waals surface area (Å²) in [5.74, 6) is 0.533. The van der Waals surface area contributed by atoms with Crippen molar-refractivity contribution in [3.63, 3.8) is 0 Å². The zero-order chi connectivity index (χ0) is 22.8. The molecular weight excluding hydrogens is 423 g/mol. The number of rotatable bonds is 5. The van der Waals surface area contributed by atoms with Crippen LogP contribution in [0, 0.1) is 5.82 Å². The van der Waals surface area contributed by atoms with Crippen molar-refractivity contribution in [3.8, 4) is 11.5 Å². The van der Waals surface area contributed by atoms with Gasteiger partial charge in [0, 0.05) is 17.3 Å². The minimum absolute atomic E-state index is 0.00128. The molecule has 0 spiro atoms. The molecule has 1 unspecified atom stereocenters. The Morgan fingerprint density at radius 3 is 2.64 bits per heavy atom. The molecule has 6 nitrogen and oxygen atoms in total. The highest BCUT2D eigenvalue weighted by molar-refractivity contribution is 5.86. The summed E-state index contributed by atoms with van der Waals surface area (Å²) in [4.78, 5) is 23.0. The first kappa shape index (κ1) is 21.2. The molecule has 2 aromatic rings. The van der Waals surface area contributed by atoms with Gasteiger partial charge in [-0.2, -0.15) is 0 Å². The van der Waals surface area contributed by atoms with E-state index < -0.39 is 0 Å². The second kappa shape index (κ2) is 9.03. The highest BCUT2D eigenvalue weighted by Crippen LogP contribution is 2.31. The van der Waals surface area contributed by atoms with Gasteiger partial charge >= 0.3 is 0 Å². The molecular formula is C26H23FN2O4. The van der Waals surface area contributed by atoms with Crippen LogP contribution in [0.4, 0.5) is 4.39 Å². The number of halogens is 1. The maximum absolute atomic E-state index is 14.7. The Kier molecular flexibility index (Phi) is 5.79. The van der Waals surface area contributed by atoms with Gasteiger partial charge in [0.15, 0.2) is 0 Å². The van der Waals surface area contributed by atoms with Crippen LogP contribution in [-0.2, 0) is 20.7 Å². The van der Waals surface area contributed by atoms with E-state index in [0.29, 0.717) is 42.9 Å². The van der Waals surface area contributed by atoms with Crippen molar-refractivity contribution in [3.05, 3.63) is 88.4 Å². The molecule has 0 bridgehead atoms. The molecule has 0 radical (unpaired) electrons. The van der Waals surface area contributed by atoms with Gasteiger partial charge in [-0.3, -0.25) is 9.59 Å². The third-order valence-corrected chi connectivity index (χ3v) is 5.78. The van der Waals surface area contributed by atoms with Crippen molar-refractivity contribution in [2.75, 3.05) is 13.2 Å². The molecule has 168 valence electrons. The lowest BCUT2D eigenvalue weighted by atomic mass is 9.95. The van der Waals surface area contributed by atoms with E-state index in [1.165, 1.54) is 6.07 Å². The third kappa shape index (κ3) is 5.04. The molecule has 33 heavy (non-hydrogen) atoms. The van der Waals surface area contributed by atoms with Crippen LogP contribution in [0.3, 0.4) is 0 Å². The zero-order valence-corrected chi connectivity index (χ0v) is 17.9. The molecule has 2 aliphatic heterocycles. The van der Waals surface area contributed by atoms with Crippen LogP contribution in [-0.4, -0.2) is 31.1 Å². The molecule has 1 aliphatic carbocycles. The lowest BCUT2D eigenvalue weighted by molar-refractivity contribution is -0.131. The average molecular weight is 446 g/mol. The molecule has 2 N–H and O–H groups in total. The van der Waals surface area contributed by atoms with Crippen molar-refractivity contribution in [2.24, 2.45) is 0 Å². The Morgan fingerprint density at radius 2 is 1.85 bits per heavy atom. The Morgan fingerprint density at radius 1 is 1.03 bits per heavy atom. The van der Waals surface area contributed by atoms with Crippen molar-refractivity contribution in [2.45, 2.75) is 25.3 Å². The van der Waals surface area contributed by atoms with Crippen LogP contribution in [0.1, 0.15) is 24.0 Å². The molecule has 0 aromatic heterocycles. The first-order valence-electron chi connectivity index (χ1n) is 10.9. The predicted molar refractivity (Wildman–Crippen MR) is 121 cm³/mol. The minimum Gasteiger partial charge on any atom is -0.457 e. The Bertz CT molecular complexity index is 1200. The van der Waals surface area contributed by atoms with Gasteiger partial charge in [-0.25, -0.2) is 4.39 Å². The van der Waals surface area contributed by atoms with Crippen molar-refractivity contribution < 1.29 is 23.5 Å². The van der Waals surface area contributed by atoms with E-state index in [2.05, 4.69) is 10.6 Å². The van der Waals surface area contributed by atoms with E-state index in [1.807, 2.05) is 36.4 Å². The van der Waals surface area contributed by atoms with Gasteiger partial charge in [0.25, 0.3) is 0 Å². The fraction of sp³-hybridized carbons (Fsp3) is 0.231. The normalized spacial score (nSPS) is 21.1. The molecule has 7 heteroatoms. The lowest BCUT2D eigenvalue weighted by Gasteiger charge is -2.23. The third-order valence-electron chi connectivity index (χ3n) is 5.78. The van der Waals surface area contributed by atoms with Crippen LogP contribution in [0.5, 0.6) is 11.5 Å². The van der Waals surface area contributed by atoms with Crippen LogP contribution in [0.15, 0.2) is 71.5 Å². The summed E-state index contributed by atoms with van der Waals surface area (Å²) >= 11 is 0. The summed E-state index contributed by atoms with van der Waals surface area (Å²) in [5, 5.41) is 5.73. The van der Waals surface area contributed by atoms with Crippen LogP contribution in [0.25, 0.3) is 6.08 Å². The van der Waals surface area contributed by atoms with Crippen LogP contribution < -0.4 is 15.4 Å². The minimum atomic E-state index is -0.376. The first-order valence-corrected chi connectivity index (χ1v) is 10.9. The maximum atomic E-state index is 14.7. The standard InChI is InChI=1S/C26H23FN2O4/c27-23-13-22(7-4-18(23)9-17-3-8-24-19(10-17)12-25(30)29-24)33-21-5-1-16(2-6-21)11-20-14-32-15-26(31)28-20/h1-9,13,20H,10-12,14-15H2,(H,28,31)(H,29,30). The molecule has 1 fully saturated rings. The van der Waals surface area contributed by atoms with E-state index in [0.717, 1.165) is 22.4 Å². The molecule has 5 rings (SSSR count). The Balaban J connectivity index is 1.21. The largest absolute Gasteiger partial charge is 0.457 e. The SMILES string of the molecule is O=C1CC2=C(C=CC(=Cc3ccc(Oc4ccc(CC5COCC(=O)N5)cc4)cc3F)C2)N1. The lowest BCUT2D eigenvalue weighted by Crippen LogP contribution is -2.46. The average Bonchev–Trinajstić information content (AvgIpc) is 3.16. The number of amides is 2. The van der Waals surface area contributed by atoms with Gasteiger partial charge in [0.2, 0.25) is 11.8 Å². The molecule has 1 atom stereocenters. The van der Waals surface area contributed by atoms with Gasteiger partial charge in [0.05, 0.1) is 19.1 Å². The maximum Gasteiger partial charge on any atom is 0.246 e. The number of carbonyl (C=O) groups excluding carboxylic acids is 2. The number of ether oxygens (including phenoxy) is 2. The second-order valence-electron chi connectivity index (χ2n) is 8.38. The first-order chi connectivity index (χ1) is 16.0. The fourth-order valence-corrected chi connectivity index (χ4v) is 4.20. The molecule has 0 saturated carbocycles. The number of morpholine rings is 1. The van der Waals surface area contributed by atoms with Gasteiger partial charge in [-0.1, -0.05) is 18.2 Å². The van der Waals surface area contributed by atoms with Gasteiger partial charge in [0.1, 0.15) is 23.9 Å². The summed E-state index contributed by atoms with van der Waals surface area (Å²) in [6.45, 7) is 0.610. The van der Waals surface area contributed by atoms with Crippen molar-refractivity contribution in [1.82, 2.24) is 10.6 Å². The Hall–Kier alpha value is -3.71. The highest BCUT2D eigenvalue weighted by Gasteiger charge is 2.22. The summed E-state index contributed by atoms with van der Waals surface area (Å²) < 4.78 is 25.8. The molecule has 2 amide bonds. The van der Waals surface area contributed by atoms with Gasteiger partial charge in [-0.05, 0) is 66.0 Å². The zero-order valence-electron chi connectivity index (χ0n) is 17.9. The quantitative estimate of drug-likeness (QED) is 0.733. The fourth-order valence-electron chi connectivity index (χ4n) is 4.20. The van der Waals surface area contributed by atoms with Crippen LogP contribution in [0.2, 0.25) is 0 Å². The summed E-state index contributed by atoms with van der Waals surface area (Å²) in [6, 6.07) is 12.2. The van der Waals surface area contributed by atoms with E-state index >= 15 is 0 Å². The summed E-state index contributed by atoms with van der Waals surface area (Å²) in [5.41, 5.74) is 4.37. The van der Waals surface area contributed by atoms with E-state index in [1.54, 1.807) is 18.2 Å². The number of carbonyl (C=O) groups is 2. The molecule has 2 heterocycles. The number of hydrogen-bond donors (Lipinski definition) is 2. The Labute approximate surface area is 190 Å². The number of nitrogens with one attached hydrogen (secondary N) is 2. The van der Waals surface area contributed by atoms with E-state index in [9.17, 15) is 14.0 Å². The predicted octanol–water partition coefficient (Wildman–Crippen LogP) is 3.79. The number of allylic oxidation sites excluding steroid dienone is 3. The highest BCUT2D eigenvalue weighted by atomic mass is 19.1. The number of benzene rings is 2. The van der Waals surface area contributed by atoms with Gasteiger partial charge < -0.3 is 20.1 Å². The van der Waals surface area contributed by atoms with Crippen LogP contribution >= 0.6 is 0 Å². The van der Waals surface area contributed by atoms with Gasteiger partial charge in [-0.15, -0.1) is 0 Å². The van der Waals surface area contributed by atoms with Crippen molar-refractivity contribution >= 4 is 17.9 Å².